The van der Waals surface area contributed by atoms with Crippen LogP contribution >= 0.6 is 0 Å². The van der Waals surface area contributed by atoms with Crippen LogP contribution in [-0.4, -0.2) is 35.9 Å². The Morgan fingerprint density at radius 3 is 2.79 bits per heavy atom. The van der Waals surface area contributed by atoms with Gasteiger partial charge in [0.15, 0.2) is 0 Å². The first-order chi connectivity index (χ1) is 9.01. The summed E-state index contributed by atoms with van der Waals surface area (Å²) in [6, 6.07) is 3.33. The van der Waals surface area contributed by atoms with Crippen molar-refractivity contribution in [2.24, 2.45) is 5.11 Å². The predicted octanol–water partition coefficient (Wildman–Crippen LogP) is 1.32. The lowest BCUT2D eigenvalue weighted by molar-refractivity contribution is 0.0242. The molecule has 8 heteroatoms. The molecule has 0 fully saturated rings. The molecule has 7 nitrogen and oxygen atoms in total. The second-order valence-electron chi connectivity index (χ2n) is 3.66. The van der Waals surface area contributed by atoms with Gasteiger partial charge >= 0.3 is 5.97 Å². The van der Waals surface area contributed by atoms with Gasteiger partial charge in [0, 0.05) is 4.91 Å². The lowest BCUT2D eigenvalue weighted by Gasteiger charge is -2.16. The molecule has 2 atom stereocenters. The molecule has 0 spiro atoms. The third-order valence-electron chi connectivity index (χ3n) is 2.44. The highest BCUT2D eigenvalue weighted by atomic mass is 19.1. The van der Waals surface area contributed by atoms with Gasteiger partial charge in [-0.2, -0.15) is 0 Å². The number of carbonyl (C=O) groups excluding carboxylic acids is 1. The smallest absolute Gasteiger partial charge is 0.340 e. The van der Waals surface area contributed by atoms with Gasteiger partial charge in [-0.1, -0.05) is 11.2 Å². The number of esters is 1. The lowest BCUT2D eigenvalue weighted by Crippen LogP contribution is -2.21. The summed E-state index contributed by atoms with van der Waals surface area (Å²) < 4.78 is 18.0. The first kappa shape index (κ1) is 14.9. The maximum absolute atomic E-state index is 13.6. The van der Waals surface area contributed by atoms with E-state index in [4.69, 9.17) is 5.53 Å². The molecule has 2 N–H and O–H groups in total. The molecule has 0 saturated heterocycles. The predicted molar refractivity (Wildman–Crippen MR) is 62.7 cm³/mol. The van der Waals surface area contributed by atoms with Crippen LogP contribution in [0.15, 0.2) is 23.3 Å². The van der Waals surface area contributed by atoms with Crippen molar-refractivity contribution in [1.82, 2.24) is 0 Å². The Kier molecular flexibility index (Phi) is 5.25. The van der Waals surface area contributed by atoms with Gasteiger partial charge in [0.1, 0.15) is 11.9 Å². The summed E-state index contributed by atoms with van der Waals surface area (Å²) in [6.07, 6.45) is -2.79. The number of nitrogens with zero attached hydrogens (tertiary/aromatic N) is 3. The summed E-state index contributed by atoms with van der Waals surface area (Å²) in [5.74, 6) is -1.72. The van der Waals surface area contributed by atoms with Crippen LogP contribution in [0.3, 0.4) is 0 Å². The molecule has 1 aromatic rings. The number of methoxy groups -OCH3 is 1. The molecule has 2 unspecified atom stereocenters. The number of hydrogen-bond acceptors (Lipinski definition) is 5. The molecule has 1 rings (SSSR count). The second-order valence-corrected chi connectivity index (χ2v) is 3.66. The van der Waals surface area contributed by atoms with Crippen LogP contribution in [0.5, 0.6) is 0 Å². The third kappa shape index (κ3) is 3.65. The van der Waals surface area contributed by atoms with Crippen LogP contribution in [0.2, 0.25) is 0 Å². The van der Waals surface area contributed by atoms with E-state index in [-0.39, 0.29) is 17.7 Å². The molecule has 1 aromatic carbocycles. The van der Waals surface area contributed by atoms with E-state index >= 15 is 0 Å². The Morgan fingerprint density at radius 1 is 1.58 bits per heavy atom. The molecule has 0 radical (unpaired) electrons. The van der Waals surface area contributed by atoms with Crippen molar-refractivity contribution in [2.75, 3.05) is 13.7 Å². The van der Waals surface area contributed by atoms with E-state index in [1.807, 2.05) is 0 Å². The van der Waals surface area contributed by atoms with E-state index in [0.29, 0.717) is 0 Å². The molecule has 0 saturated carbocycles. The zero-order valence-electron chi connectivity index (χ0n) is 10.0. The zero-order chi connectivity index (χ0) is 14.4. The van der Waals surface area contributed by atoms with E-state index < -0.39 is 24.0 Å². The summed E-state index contributed by atoms with van der Waals surface area (Å²) in [5.41, 5.74) is 7.88. The largest absolute Gasteiger partial charge is 0.465 e. The summed E-state index contributed by atoms with van der Waals surface area (Å²) in [5, 5.41) is 22.3. The number of rotatable bonds is 5. The van der Waals surface area contributed by atoms with Crippen molar-refractivity contribution in [3.8, 4) is 0 Å². The van der Waals surface area contributed by atoms with Crippen molar-refractivity contribution in [2.45, 2.75) is 12.2 Å². The van der Waals surface area contributed by atoms with Gasteiger partial charge < -0.3 is 14.9 Å². The van der Waals surface area contributed by atoms with Crippen LogP contribution < -0.4 is 0 Å². The molecule has 0 aromatic heterocycles. The number of carbonyl (C=O) groups is 1. The van der Waals surface area contributed by atoms with Gasteiger partial charge in [0.25, 0.3) is 0 Å². The quantitative estimate of drug-likeness (QED) is 0.363. The summed E-state index contributed by atoms with van der Waals surface area (Å²) in [4.78, 5) is 13.6. The lowest BCUT2D eigenvalue weighted by atomic mass is 10.0. The van der Waals surface area contributed by atoms with Gasteiger partial charge in [-0.05, 0) is 23.2 Å². The SMILES string of the molecule is COC(=O)c1ccc(C(O)C(O)CN=[N+]=[N-])cc1F. The topological polar surface area (TPSA) is 116 Å². The highest BCUT2D eigenvalue weighted by Gasteiger charge is 2.20. The van der Waals surface area contributed by atoms with E-state index in [0.717, 1.165) is 19.2 Å². The maximum Gasteiger partial charge on any atom is 0.340 e. The molecule has 0 aliphatic rings. The molecular formula is C11H12FN3O4. The Labute approximate surface area is 107 Å². The molecule has 0 aliphatic carbocycles. The van der Waals surface area contributed by atoms with Crippen LogP contribution in [-0.2, 0) is 4.74 Å². The van der Waals surface area contributed by atoms with Crippen LogP contribution in [0.4, 0.5) is 4.39 Å². The highest BCUT2D eigenvalue weighted by molar-refractivity contribution is 5.89. The molecule has 0 heterocycles. The van der Waals surface area contributed by atoms with Gasteiger partial charge in [-0.25, -0.2) is 9.18 Å². The van der Waals surface area contributed by atoms with E-state index in [9.17, 15) is 19.4 Å². The third-order valence-corrected chi connectivity index (χ3v) is 2.44. The monoisotopic (exact) mass is 269 g/mol. The van der Waals surface area contributed by atoms with Gasteiger partial charge in [-0.15, -0.1) is 0 Å². The van der Waals surface area contributed by atoms with E-state index in [2.05, 4.69) is 14.8 Å². The molecule has 0 aliphatic heterocycles. The first-order valence-corrected chi connectivity index (χ1v) is 5.26. The van der Waals surface area contributed by atoms with Crippen LogP contribution in [0.25, 0.3) is 10.4 Å². The van der Waals surface area contributed by atoms with Crippen LogP contribution in [0, 0.1) is 5.82 Å². The minimum Gasteiger partial charge on any atom is -0.465 e. The minimum atomic E-state index is -1.42. The summed E-state index contributed by atoms with van der Waals surface area (Å²) in [6.45, 7) is -0.349. The maximum atomic E-state index is 13.6. The number of aliphatic hydroxyl groups is 2. The van der Waals surface area contributed by atoms with Gasteiger partial charge in [0.05, 0.1) is 25.3 Å². The van der Waals surface area contributed by atoms with Crippen molar-refractivity contribution in [3.63, 3.8) is 0 Å². The Hall–Kier alpha value is -2.15. The Bertz CT molecular complexity index is 517. The molecule has 0 bridgehead atoms. The first-order valence-electron chi connectivity index (χ1n) is 5.26. The van der Waals surface area contributed by atoms with Crippen molar-refractivity contribution in [1.29, 1.82) is 0 Å². The van der Waals surface area contributed by atoms with E-state index in [1.165, 1.54) is 6.07 Å². The fraction of sp³-hybridized carbons (Fsp3) is 0.364. The highest BCUT2D eigenvalue weighted by Crippen LogP contribution is 2.20. The number of aliphatic hydroxyl groups excluding tert-OH is 2. The number of azide groups is 1. The Balaban J connectivity index is 2.94. The Morgan fingerprint density at radius 2 is 2.26 bits per heavy atom. The van der Waals surface area contributed by atoms with Crippen molar-refractivity contribution >= 4 is 5.97 Å². The average Bonchev–Trinajstić information content (AvgIpc) is 2.42. The molecular weight excluding hydrogens is 257 g/mol. The van der Waals surface area contributed by atoms with Gasteiger partial charge in [-0.3, -0.25) is 0 Å². The standard InChI is InChI=1S/C11H12FN3O4/c1-19-11(18)7-3-2-6(4-8(7)12)10(17)9(16)5-14-15-13/h2-4,9-10,16-17H,5H2,1H3. The number of ether oxygens (including phenoxy) is 1. The molecule has 102 valence electrons. The normalized spacial score (nSPS) is 13.3. The average molecular weight is 269 g/mol. The van der Waals surface area contributed by atoms with E-state index in [1.54, 1.807) is 0 Å². The molecule has 19 heavy (non-hydrogen) atoms. The van der Waals surface area contributed by atoms with Crippen LogP contribution in [0.1, 0.15) is 22.0 Å². The summed E-state index contributed by atoms with van der Waals surface area (Å²) >= 11 is 0. The number of halogens is 1. The fourth-order valence-electron chi connectivity index (χ4n) is 1.43. The summed E-state index contributed by atoms with van der Waals surface area (Å²) in [7, 11) is 1.12. The minimum absolute atomic E-state index is 0.0609. The number of hydrogen-bond donors (Lipinski definition) is 2. The number of benzene rings is 1. The fourth-order valence-corrected chi connectivity index (χ4v) is 1.43. The molecule has 0 amide bonds. The van der Waals surface area contributed by atoms with Crippen molar-refractivity contribution < 1.29 is 24.1 Å². The zero-order valence-corrected chi connectivity index (χ0v) is 10.0. The van der Waals surface area contributed by atoms with Gasteiger partial charge in [0.2, 0.25) is 0 Å². The second kappa shape index (κ2) is 6.69. The van der Waals surface area contributed by atoms with Crippen molar-refractivity contribution in [3.05, 3.63) is 45.6 Å².